The maximum absolute atomic E-state index is 13.4. The highest BCUT2D eigenvalue weighted by atomic mass is 35.5. The molecule has 0 radical (unpaired) electrons. The van der Waals surface area contributed by atoms with E-state index in [1.165, 1.54) is 18.2 Å². The number of hydrogen-bond acceptors (Lipinski definition) is 2. The number of halogens is 3. The number of phenolic OH excluding ortho intramolecular Hbond substituents is 1. The van der Waals surface area contributed by atoms with Crippen molar-refractivity contribution in [3.63, 3.8) is 0 Å². The molecule has 0 saturated heterocycles. The number of phenols is 1. The standard InChI is InChI=1S/C11H7Cl2FN2O2/c12-6-4-9(15-10(6)13)11(18)16-8-2-1-5(17)3-7(8)14/h1-4,15,17H,(H,16,18). The lowest BCUT2D eigenvalue weighted by molar-refractivity contribution is 0.102. The minimum Gasteiger partial charge on any atom is -0.508 e. The highest BCUT2D eigenvalue weighted by Crippen LogP contribution is 2.23. The summed E-state index contributed by atoms with van der Waals surface area (Å²) in [5.41, 5.74) is 0.0529. The fourth-order valence-electron chi connectivity index (χ4n) is 1.32. The van der Waals surface area contributed by atoms with Crippen LogP contribution in [0.5, 0.6) is 5.75 Å². The predicted molar refractivity (Wildman–Crippen MR) is 66.8 cm³/mol. The maximum atomic E-state index is 13.4. The number of aromatic nitrogens is 1. The molecule has 2 rings (SSSR count). The largest absolute Gasteiger partial charge is 0.508 e. The van der Waals surface area contributed by atoms with Crippen molar-refractivity contribution in [2.45, 2.75) is 0 Å². The van der Waals surface area contributed by atoms with Gasteiger partial charge in [-0.1, -0.05) is 23.2 Å². The smallest absolute Gasteiger partial charge is 0.272 e. The first-order chi connectivity index (χ1) is 8.47. The minimum absolute atomic E-state index is 0.0559. The number of H-pyrrole nitrogens is 1. The van der Waals surface area contributed by atoms with Crippen molar-refractivity contribution in [1.82, 2.24) is 4.98 Å². The molecule has 0 atom stereocenters. The maximum Gasteiger partial charge on any atom is 0.272 e. The zero-order valence-corrected chi connectivity index (χ0v) is 10.3. The molecule has 1 aromatic heterocycles. The Balaban J connectivity index is 2.21. The van der Waals surface area contributed by atoms with Gasteiger partial charge in [0.2, 0.25) is 0 Å². The predicted octanol–water partition coefficient (Wildman–Crippen LogP) is 3.42. The summed E-state index contributed by atoms with van der Waals surface area (Å²) in [6, 6.07) is 4.73. The average Bonchev–Trinajstić information content (AvgIpc) is 2.63. The molecule has 0 bridgehead atoms. The number of benzene rings is 1. The van der Waals surface area contributed by atoms with E-state index in [2.05, 4.69) is 10.3 Å². The van der Waals surface area contributed by atoms with Gasteiger partial charge in [0.1, 0.15) is 22.4 Å². The van der Waals surface area contributed by atoms with Crippen LogP contribution in [0.3, 0.4) is 0 Å². The number of amides is 1. The lowest BCUT2D eigenvalue weighted by Gasteiger charge is -2.05. The van der Waals surface area contributed by atoms with Gasteiger partial charge in [-0.25, -0.2) is 4.39 Å². The summed E-state index contributed by atoms with van der Waals surface area (Å²) in [6.07, 6.45) is 0. The summed E-state index contributed by atoms with van der Waals surface area (Å²) in [5, 5.41) is 11.7. The van der Waals surface area contributed by atoms with Crippen LogP contribution in [0.25, 0.3) is 0 Å². The van der Waals surface area contributed by atoms with Crippen LogP contribution in [0.4, 0.5) is 10.1 Å². The van der Waals surface area contributed by atoms with Gasteiger partial charge in [-0.2, -0.15) is 0 Å². The molecule has 1 heterocycles. The number of anilines is 1. The first-order valence-electron chi connectivity index (χ1n) is 4.81. The highest BCUT2D eigenvalue weighted by molar-refractivity contribution is 6.41. The molecule has 4 nitrogen and oxygen atoms in total. The van der Waals surface area contributed by atoms with Gasteiger partial charge in [0, 0.05) is 6.07 Å². The third kappa shape index (κ3) is 2.57. The molecule has 0 aliphatic heterocycles. The normalized spacial score (nSPS) is 10.4. The molecule has 3 N–H and O–H groups in total. The fourth-order valence-corrected chi connectivity index (χ4v) is 1.63. The zero-order chi connectivity index (χ0) is 13.3. The van der Waals surface area contributed by atoms with Gasteiger partial charge >= 0.3 is 0 Å². The Bertz CT molecular complexity index is 594. The summed E-state index contributed by atoms with van der Waals surface area (Å²) in [4.78, 5) is 14.3. The lowest BCUT2D eigenvalue weighted by atomic mass is 10.2. The van der Waals surface area contributed by atoms with E-state index >= 15 is 0 Å². The molecule has 18 heavy (non-hydrogen) atoms. The highest BCUT2D eigenvalue weighted by Gasteiger charge is 2.13. The lowest BCUT2D eigenvalue weighted by Crippen LogP contribution is -2.13. The van der Waals surface area contributed by atoms with Crippen molar-refractivity contribution < 1.29 is 14.3 Å². The molecule has 0 unspecified atom stereocenters. The number of nitrogens with one attached hydrogen (secondary N) is 2. The summed E-state index contributed by atoms with van der Waals surface area (Å²) in [7, 11) is 0. The van der Waals surface area contributed by atoms with Crippen LogP contribution >= 0.6 is 23.2 Å². The van der Waals surface area contributed by atoms with Crippen molar-refractivity contribution in [3.8, 4) is 5.75 Å². The van der Waals surface area contributed by atoms with E-state index in [1.807, 2.05) is 0 Å². The second-order valence-electron chi connectivity index (χ2n) is 3.46. The van der Waals surface area contributed by atoms with E-state index in [1.54, 1.807) is 0 Å². The van der Waals surface area contributed by atoms with Crippen LogP contribution in [-0.4, -0.2) is 16.0 Å². The first kappa shape index (κ1) is 12.7. The molecule has 1 aromatic carbocycles. The van der Waals surface area contributed by atoms with Gasteiger partial charge in [0.05, 0.1) is 10.7 Å². The molecule has 0 saturated carbocycles. The van der Waals surface area contributed by atoms with Crippen molar-refractivity contribution in [2.24, 2.45) is 0 Å². The molecule has 0 fully saturated rings. The van der Waals surface area contributed by atoms with E-state index in [-0.39, 0.29) is 27.3 Å². The second kappa shape index (κ2) is 4.88. The second-order valence-corrected chi connectivity index (χ2v) is 4.25. The third-order valence-corrected chi connectivity index (χ3v) is 2.86. The third-order valence-electron chi connectivity index (χ3n) is 2.17. The quantitative estimate of drug-likeness (QED) is 0.742. The number of aromatic hydroxyl groups is 1. The van der Waals surface area contributed by atoms with Crippen LogP contribution in [-0.2, 0) is 0 Å². The minimum atomic E-state index is -0.743. The summed E-state index contributed by atoms with van der Waals surface area (Å²) in [6.45, 7) is 0. The van der Waals surface area contributed by atoms with Crippen LogP contribution in [0.1, 0.15) is 10.5 Å². The van der Waals surface area contributed by atoms with Gasteiger partial charge in [0.25, 0.3) is 5.91 Å². The molecule has 94 valence electrons. The Hall–Kier alpha value is -1.72. The van der Waals surface area contributed by atoms with Crippen molar-refractivity contribution in [1.29, 1.82) is 0 Å². The van der Waals surface area contributed by atoms with E-state index in [0.717, 1.165) is 6.07 Å². The molecular formula is C11H7Cl2FN2O2. The van der Waals surface area contributed by atoms with Gasteiger partial charge < -0.3 is 15.4 Å². The molecule has 0 aliphatic rings. The Morgan fingerprint density at radius 2 is 2.06 bits per heavy atom. The number of hydrogen-bond donors (Lipinski definition) is 3. The average molecular weight is 289 g/mol. The molecule has 2 aromatic rings. The fraction of sp³-hybridized carbons (Fsp3) is 0. The van der Waals surface area contributed by atoms with E-state index in [0.29, 0.717) is 0 Å². The van der Waals surface area contributed by atoms with Crippen LogP contribution in [0, 0.1) is 5.82 Å². The van der Waals surface area contributed by atoms with Gasteiger partial charge in [0.15, 0.2) is 0 Å². The topological polar surface area (TPSA) is 65.1 Å². The number of rotatable bonds is 2. The molecule has 0 spiro atoms. The Morgan fingerprint density at radius 3 is 2.61 bits per heavy atom. The Kier molecular flexibility index (Phi) is 3.45. The number of carbonyl (C=O) groups is 1. The van der Waals surface area contributed by atoms with Crippen LogP contribution in [0.15, 0.2) is 24.3 Å². The van der Waals surface area contributed by atoms with E-state index < -0.39 is 11.7 Å². The molecule has 7 heteroatoms. The first-order valence-corrected chi connectivity index (χ1v) is 5.57. The van der Waals surface area contributed by atoms with Crippen LogP contribution in [0.2, 0.25) is 10.2 Å². The number of aromatic amines is 1. The number of carbonyl (C=O) groups excluding carboxylic acids is 1. The van der Waals surface area contributed by atoms with Gasteiger partial charge in [-0.3, -0.25) is 4.79 Å². The summed E-state index contributed by atoms with van der Waals surface area (Å²) in [5.74, 6) is -1.56. The Labute approximate surface area is 111 Å². The molecular weight excluding hydrogens is 282 g/mol. The SMILES string of the molecule is O=C(Nc1ccc(O)cc1F)c1cc(Cl)c(Cl)[nH]1. The van der Waals surface area contributed by atoms with Crippen molar-refractivity contribution >= 4 is 34.8 Å². The summed E-state index contributed by atoms with van der Waals surface area (Å²) < 4.78 is 13.4. The van der Waals surface area contributed by atoms with Gasteiger partial charge in [-0.05, 0) is 18.2 Å². The van der Waals surface area contributed by atoms with Crippen molar-refractivity contribution in [2.75, 3.05) is 5.32 Å². The molecule has 1 amide bonds. The van der Waals surface area contributed by atoms with Crippen molar-refractivity contribution in [3.05, 3.63) is 46.0 Å². The van der Waals surface area contributed by atoms with Gasteiger partial charge in [-0.15, -0.1) is 0 Å². The van der Waals surface area contributed by atoms with E-state index in [9.17, 15) is 9.18 Å². The Morgan fingerprint density at radius 1 is 1.33 bits per heavy atom. The molecule has 0 aliphatic carbocycles. The summed E-state index contributed by atoms with van der Waals surface area (Å²) >= 11 is 11.3. The monoisotopic (exact) mass is 288 g/mol. The van der Waals surface area contributed by atoms with Crippen LogP contribution < -0.4 is 5.32 Å². The zero-order valence-electron chi connectivity index (χ0n) is 8.80. The van der Waals surface area contributed by atoms with E-state index in [4.69, 9.17) is 28.3 Å².